The van der Waals surface area contributed by atoms with E-state index >= 15 is 0 Å². The topological polar surface area (TPSA) is 48.3 Å². The van der Waals surface area contributed by atoms with Crippen molar-refractivity contribution in [1.82, 2.24) is 9.78 Å². The predicted molar refractivity (Wildman–Crippen MR) is 72.5 cm³/mol. The fraction of sp³-hybridized carbons (Fsp3) is 0.357. The van der Waals surface area contributed by atoms with Gasteiger partial charge in [-0.3, -0.25) is 4.68 Å². The van der Waals surface area contributed by atoms with Crippen LogP contribution in [0.2, 0.25) is 0 Å². The minimum Gasteiger partial charge on any atom is -0.395 e. The van der Waals surface area contributed by atoms with Crippen molar-refractivity contribution in [3.8, 4) is 11.5 Å². The number of halogens is 2. The summed E-state index contributed by atoms with van der Waals surface area (Å²) in [6.07, 6.45) is 1.18. The highest BCUT2D eigenvalue weighted by Gasteiger charge is 2.43. The van der Waals surface area contributed by atoms with Gasteiger partial charge in [-0.25, -0.2) is 0 Å². The molecule has 21 heavy (non-hydrogen) atoms. The van der Waals surface area contributed by atoms with E-state index in [-0.39, 0.29) is 11.5 Å². The van der Waals surface area contributed by atoms with Crippen molar-refractivity contribution in [1.29, 1.82) is 0 Å². The Labute approximate surface area is 120 Å². The summed E-state index contributed by atoms with van der Waals surface area (Å²) in [6.45, 7) is 3.51. The second-order valence-electron chi connectivity index (χ2n) is 4.79. The van der Waals surface area contributed by atoms with Crippen molar-refractivity contribution in [2.24, 2.45) is 0 Å². The van der Waals surface area contributed by atoms with Crippen LogP contribution in [-0.4, -0.2) is 16.1 Å². The molecule has 3 rings (SSSR count). The minimum absolute atomic E-state index is 0.0340. The van der Waals surface area contributed by atoms with Crippen LogP contribution in [0.4, 0.5) is 14.5 Å². The Kier molecular flexibility index (Phi) is 3.40. The van der Waals surface area contributed by atoms with Gasteiger partial charge in [0.2, 0.25) is 0 Å². The fourth-order valence-electron chi connectivity index (χ4n) is 2.11. The van der Waals surface area contributed by atoms with Crippen LogP contribution in [0.25, 0.3) is 0 Å². The Morgan fingerprint density at radius 2 is 2.10 bits per heavy atom. The molecule has 1 N–H and O–H groups in total. The molecule has 1 aliphatic rings. The van der Waals surface area contributed by atoms with Crippen molar-refractivity contribution < 1.29 is 18.3 Å². The number of rotatable bonds is 5. The van der Waals surface area contributed by atoms with Crippen molar-refractivity contribution in [3.63, 3.8) is 0 Å². The average Bonchev–Trinajstić information content (AvgIpc) is 2.98. The molecule has 0 bridgehead atoms. The maximum absolute atomic E-state index is 12.9. The van der Waals surface area contributed by atoms with E-state index in [1.807, 2.05) is 10.9 Å². The minimum atomic E-state index is -3.58. The molecule has 0 fully saturated rings. The predicted octanol–water partition coefficient (Wildman–Crippen LogP) is 3.23. The number of aryl methyl sites for hydroxylation is 1. The van der Waals surface area contributed by atoms with E-state index in [0.29, 0.717) is 12.2 Å². The molecule has 0 amide bonds. The molecule has 0 saturated carbocycles. The molecule has 2 aromatic rings. The molecule has 1 aromatic carbocycles. The first kappa shape index (κ1) is 13.7. The lowest BCUT2D eigenvalue weighted by molar-refractivity contribution is -0.286. The van der Waals surface area contributed by atoms with Crippen molar-refractivity contribution >= 4 is 5.69 Å². The molecule has 5 nitrogen and oxygen atoms in total. The maximum Gasteiger partial charge on any atom is 0.586 e. The van der Waals surface area contributed by atoms with Crippen LogP contribution in [0.15, 0.2) is 30.6 Å². The molecule has 112 valence electrons. The zero-order valence-corrected chi connectivity index (χ0v) is 11.5. The SMILES string of the molecule is CCCn1cc(CNc2ccc3c(c2)OC(F)(F)O3)cn1. The van der Waals surface area contributed by atoms with Crippen LogP contribution in [-0.2, 0) is 13.1 Å². The number of anilines is 1. The van der Waals surface area contributed by atoms with Gasteiger partial charge < -0.3 is 14.8 Å². The Bertz CT molecular complexity index is 643. The lowest BCUT2D eigenvalue weighted by Crippen LogP contribution is -2.25. The zero-order valence-electron chi connectivity index (χ0n) is 11.5. The second-order valence-corrected chi connectivity index (χ2v) is 4.79. The summed E-state index contributed by atoms with van der Waals surface area (Å²) in [5, 5.41) is 7.37. The molecule has 0 unspecified atom stereocenters. The molecule has 0 radical (unpaired) electrons. The first-order valence-corrected chi connectivity index (χ1v) is 6.71. The normalized spacial score (nSPS) is 15.2. The Morgan fingerprint density at radius 1 is 1.29 bits per heavy atom. The molecule has 1 aromatic heterocycles. The molecular formula is C14H15F2N3O2. The highest BCUT2D eigenvalue weighted by Crippen LogP contribution is 2.42. The van der Waals surface area contributed by atoms with Gasteiger partial charge >= 0.3 is 6.29 Å². The first-order chi connectivity index (χ1) is 10.1. The number of nitrogens with one attached hydrogen (secondary N) is 1. The van der Waals surface area contributed by atoms with Gasteiger partial charge in [0.05, 0.1) is 6.20 Å². The fourth-order valence-corrected chi connectivity index (χ4v) is 2.11. The summed E-state index contributed by atoms with van der Waals surface area (Å²) in [5.41, 5.74) is 1.70. The van der Waals surface area contributed by atoms with E-state index in [1.54, 1.807) is 12.3 Å². The van der Waals surface area contributed by atoms with Gasteiger partial charge in [-0.1, -0.05) is 6.92 Å². The molecule has 0 saturated heterocycles. The third-order valence-electron chi connectivity index (χ3n) is 3.04. The van der Waals surface area contributed by atoms with Gasteiger partial charge in [0.15, 0.2) is 11.5 Å². The summed E-state index contributed by atoms with van der Waals surface area (Å²) in [4.78, 5) is 0. The van der Waals surface area contributed by atoms with E-state index in [9.17, 15) is 8.78 Å². The number of nitrogens with zero attached hydrogens (tertiary/aromatic N) is 2. The molecule has 0 atom stereocenters. The number of hydrogen-bond donors (Lipinski definition) is 1. The Hall–Kier alpha value is -2.31. The van der Waals surface area contributed by atoms with Crippen LogP contribution in [0.3, 0.4) is 0 Å². The van der Waals surface area contributed by atoms with Gasteiger partial charge in [0, 0.05) is 36.6 Å². The van der Waals surface area contributed by atoms with Crippen molar-refractivity contribution in [3.05, 3.63) is 36.2 Å². The lowest BCUT2D eigenvalue weighted by atomic mass is 10.2. The first-order valence-electron chi connectivity index (χ1n) is 6.71. The smallest absolute Gasteiger partial charge is 0.395 e. The van der Waals surface area contributed by atoms with Gasteiger partial charge in [-0.2, -0.15) is 5.10 Å². The number of hydrogen-bond acceptors (Lipinski definition) is 4. The van der Waals surface area contributed by atoms with E-state index in [4.69, 9.17) is 0 Å². The molecule has 2 heterocycles. The highest BCUT2D eigenvalue weighted by molar-refractivity contribution is 5.56. The standard InChI is InChI=1S/C14H15F2N3O2/c1-2-5-19-9-10(8-18-19)7-17-11-3-4-12-13(6-11)21-14(15,16)20-12/h3-4,6,8-9,17H,2,5,7H2,1H3. The molecule has 0 spiro atoms. The molecule has 7 heteroatoms. The van der Waals surface area contributed by atoms with E-state index in [1.165, 1.54) is 12.1 Å². The van der Waals surface area contributed by atoms with Crippen LogP contribution in [0.1, 0.15) is 18.9 Å². The highest BCUT2D eigenvalue weighted by atomic mass is 19.3. The van der Waals surface area contributed by atoms with E-state index in [2.05, 4.69) is 26.8 Å². The Morgan fingerprint density at radius 3 is 2.90 bits per heavy atom. The number of benzene rings is 1. The van der Waals surface area contributed by atoms with Gasteiger partial charge in [0.1, 0.15) is 0 Å². The van der Waals surface area contributed by atoms with Crippen LogP contribution < -0.4 is 14.8 Å². The van der Waals surface area contributed by atoms with E-state index < -0.39 is 6.29 Å². The number of fused-ring (bicyclic) bond motifs is 1. The quantitative estimate of drug-likeness (QED) is 0.920. The summed E-state index contributed by atoms with van der Waals surface area (Å²) >= 11 is 0. The monoisotopic (exact) mass is 295 g/mol. The Balaban J connectivity index is 1.64. The largest absolute Gasteiger partial charge is 0.586 e. The van der Waals surface area contributed by atoms with Crippen LogP contribution >= 0.6 is 0 Å². The van der Waals surface area contributed by atoms with Gasteiger partial charge in [-0.15, -0.1) is 8.78 Å². The maximum atomic E-state index is 12.9. The van der Waals surface area contributed by atoms with Gasteiger partial charge in [-0.05, 0) is 18.6 Å². The molecule has 0 aliphatic carbocycles. The third-order valence-corrected chi connectivity index (χ3v) is 3.04. The summed E-state index contributed by atoms with van der Waals surface area (Å²) in [6, 6.07) is 4.62. The number of ether oxygens (including phenoxy) is 2. The van der Waals surface area contributed by atoms with Gasteiger partial charge in [0.25, 0.3) is 0 Å². The van der Waals surface area contributed by atoms with Crippen LogP contribution in [0.5, 0.6) is 11.5 Å². The molecule has 1 aliphatic heterocycles. The van der Waals surface area contributed by atoms with Crippen molar-refractivity contribution in [2.75, 3.05) is 5.32 Å². The van der Waals surface area contributed by atoms with Crippen molar-refractivity contribution in [2.45, 2.75) is 32.7 Å². The zero-order chi connectivity index (χ0) is 14.9. The molecular weight excluding hydrogens is 280 g/mol. The lowest BCUT2D eigenvalue weighted by Gasteiger charge is -2.05. The van der Waals surface area contributed by atoms with Crippen LogP contribution in [0, 0.1) is 0 Å². The number of aromatic nitrogens is 2. The second kappa shape index (κ2) is 5.23. The summed E-state index contributed by atoms with van der Waals surface area (Å²) in [5.74, 6) is 0.0768. The number of alkyl halides is 2. The third kappa shape index (κ3) is 3.07. The van der Waals surface area contributed by atoms with E-state index in [0.717, 1.165) is 18.5 Å². The summed E-state index contributed by atoms with van der Waals surface area (Å²) in [7, 11) is 0. The summed E-state index contributed by atoms with van der Waals surface area (Å²) < 4.78 is 36.5. The average molecular weight is 295 g/mol.